The summed E-state index contributed by atoms with van der Waals surface area (Å²) in [5, 5.41) is 1.29. The molecule has 4 rings (SSSR count). The van der Waals surface area contributed by atoms with Gasteiger partial charge in [0.25, 0.3) is 5.56 Å². The number of halogens is 1. The Morgan fingerprint density at radius 1 is 0.966 bits per heavy atom. The fraction of sp³-hybridized carbons (Fsp3) is 0.190. The molecule has 0 bridgehead atoms. The summed E-state index contributed by atoms with van der Waals surface area (Å²) in [5.74, 6) is 0.695. The standard InChI is InChI=1S/C21H19ClN4O2S/c1-24-18-17(19(27)25(2)21(24)28)26(12-15-10-6-7-11-16(15)22)20(23-18)29-13-14-8-4-3-5-9-14/h3-11H,12-13H2,1-2H3. The highest BCUT2D eigenvalue weighted by Gasteiger charge is 2.20. The highest BCUT2D eigenvalue weighted by Crippen LogP contribution is 2.27. The molecule has 0 amide bonds. The molecule has 2 heterocycles. The van der Waals surface area contributed by atoms with Crippen LogP contribution in [0.15, 0.2) is 69.3 Å². The van der Waals surface area contributed by atoms with E-state index in [1.54, 1.807) is 7.05 Å². The summed E-state index contributed by atoms with van der Waals surface area (Å²) in [4.78, 5) is 29.9. The lowest BCUT2D eigenvalue weighted by molar-refractivity contribution is 0.696. The zero-order valence-corrected chi connectivity index (χ0v) is 17.6. The number of nitrogens with zero attached hydrogens (tertiary/aromatic N) is 4. The van der Waals surface area contributed by atoms with Crippen LogP contribution in [0.5, 0.6) is 0 Å². The molecular formula is C21H19ClN4O2S. The van der Waals surface area contributed by atoms with Gasteiger partial charge >= 0.3 is 5.69 Å². The first-order valence-corrected chi connectivity index (χ1v) is 10.4. The largest absolute Gasteiger partial charge is 0.332 e. The van der Waals surface area contributed by atoms with Gasteiger partial charge in [-0.05, 0) is 17.2 Å². The maximum Gasteiger partial charge on any atom is 0.332 e. The van der Waals surface area contributed by atoms with E-state index in [2.05, 4.69) is 4.98 Å². The molecule has 8 heteroatoms. The van der Waals surface area contributed by atoms with Crippen molar-refractivity contribution in [3.05, 3.63) is 91.6 Å². The highest BCUT2D eigenvalue weighted by atomic mass is 35.5. The molecule has 0 saturated carbocycles. The minimum Gasteiger partial charge on any atom is -0.309 e. The minimum absolute atomic E-state index is 0.366. The van der Waals surface area contributed by atoms with Gasteiger partial charge in [-0.1, -0.05) is 71.9 Å². The van der Waals surface area contributed by atoms with Crippen molar-refractivity contribution in [3.8, 4) is 0 Å². The van der Waals surface area contributed by atoms with Crippen LogP contribution in [0.4, 0.5) is 0 Å². The summed E-state index contributed by atoms with van der Waals surface area (Å²) < 4.78 is 4.37. The monoisotopic (exact) mass is 426 g/mol. The Balaban J connectivity index is 1.88. The Morgan fingerprint density at radius 3 is 2.38 bits per heavy atom. The van der Waals surface area contributed by atoms with Crippen LogP contribution in [-0.2, 0) is 26.4 Å². The van der Waals surface area contributed by atoms with Gasteiger partial charge in [0, 0.05) is 24.9 Å². The van der Waals surface area contributed by atoms with Crippen molar-refractivity contribution < 1.29 is 0 Å². The van der Waals surface area contributed by atoms with Crippen molar-refractivity contribution in [3.63, 3.8) is 0 Å². The van der Waals surface area contributed by atoms with Crippen molar-refractivity contribution in [1.82, 2.24) is 18.7 Å². The molecule has 6 nitrogen and oxygen atoms in total. The molecule has 0 atom stereocenters. The lowest BCUT2D eigenvalue weighted by atomic mass is 10.2. The molecule has 29 heavy (non-hydrogen) atoms. The first-order chi connectivity index (χ1) is 14.0. The first kappa shape index (κ1) is 19.5. The van der Waals surface area contributed by atoms with Gasteiger partial charge in [-0.2, -0.15) is 0 Å². The van der Waals surface area contributed by atoms with Gasteiger partial charge in [-0.3, -0.25) is 13.9 Å². The Kier molecular flexibility index (Phi) is 5.34. The van der Waals surface area contributed by atoms with Crippen LogP contribution in [0.25, 0.3) is 11.2 Å². The van der Waals surface area contributed by atoms with Gasteiger partial charge in [0.1, 0.15) is 0 Å². The van der Waals surface area contributed by atoms with Crippen LogP contribution in [0.2, 0.25) is 5.02 Å². The number of fused-ring (bicyclic) bond motifs is 1. The predicted octanol–water partition coefficient (Wildman–Crippen LogP) is 3.43. The molecule has 148 valence electrons. The van der Waals surface area contributed by atoms with Crippen molar-refractivity contribution in [1.29, 1.82) is 0 Å². The number of aryl methyl sites for hydroxylation is 1. The van der Waals surface area contributed by atoms with Crippen LogP contribution in [0.1, 0.15) is 11.1 Å². The van der Waals surface area contributed by atoms with Crippen molar-refractivity contribution >= 4 is 34.5 Å². The van der Waals surface area contributed by atoms with Gasteiger partial charge in [0.2, 0.25) is 0 Å². The predicted molar refractivity (Wildman–Crippen MR) is 117 cm³/mol. The summed E-state index contributed by atoms with van der Waals surface area (Å²) in [5.41, 5.74) is 2.03. The summed E-state index contributed by atoms with van der Waals surface area (Å²) in [6, 6.07) is 17.6. The number of benzene rings is 2. The lowest BCUT2D eigenvalue weighted by Gasteiger charge is -2.11. The second-order valence-electron chi connectivity index (χ2n) is 6.72. The summed E-state index contributed by atoms with van der Waals surface area (Å²) >= 11 is 7.89. The van der Waals surface area contributed by atoms with Crippen molar-refractivity contribution in [2.45, 2.75) is 17.5 Å². The smallest absolute Gasteiger partial charge is 0.309 e. The third-order valence-electron chi connectivity index (χ3n) is 4.81. The average molecular weight is 427 g/mol. The molecule has 0 aliphatic carbocycles. The molecule has 2 aromatic carbocycles. The molecule has 0 radical (unpaired) electrons. The van der Waals surface area contributed by atoms with E-state index in [1.807, 2.05) is 59.2 Å². The molecule has 0 saturated heterocycles. The number of thioether (sulfide) groups is 1. The topological polar surface area (TPSA) is 61.8 Å². The van der Waals surface area contributed by atoms with Gasteiger partial charge in [0.15, 0.2) is 16.3 Å². The molecule has 0 aliphatic heterocycles. The van der Waals surface area contributed by atoms with E-state index in [4.69, 9.17) is 11.6 Å². The molecular weight excluding hydrogens is 408 g/mol. The maximum atomic E-state index is 12.9. The van der Waals surface area contributed by atoms with E-state index >= 15 is 0 Å². The van der Waals surface area contributed by atoms with E-state index < -0.39 is 5.69 Å². The normalized spacial score (nSPS) is 11.3. The van der Waals surface area contributed by atoms with Crippen LogP contribution >= 0.6 is 23.4 Å². The Bertz CT molecular complexity index is 1310. The fourth-order valence-corrected chi connectivity index (χ4v) is 4.35. The van der Waals surface area contributed by atoms with Gasteiger partial charge < -0.3 is 4.57 Å². The Hall–Kier alpha value is -2.77. The zero-order chi connectivity index (χ0) is 20.5. The molecule has 0 spiro atoms. The van der Waals surface area contributed by atoms with Crippen LogP contribution in [0.3, 0.4) is 0 Å². The lowest BCUT2D eigenvalue weighted by Crippen LogP contribution is -2.37. The van der Waals surface area contributed by atoms with Crippen LogP contribution in [-0.4, -0.2) is 18.7 Å². The second-order valence-corrected chi connectivity index (χ2v) is 8.07. The Morgan fingerprint density at radius 2 is 1.66 bits per heavy atom. The van der Waals surface area contributed by atoms with Crippen molar-refractivity contribution in [2.75, 3.05) is 0 Å². The SMILES string of the molecule is Cn1c(=O)c2c(nc(SCc3ccccc3)n2Cc2ccccc2Cl)n(C)c1=O. The fourth-order valence-electron chi connectivity index (χ4n) is 3.20. The van der Waals surface area contributed by atoms with E-state index in [0.29, 0.717) is 33.6 Å². The van der Waals surface area contributed by atoms with E-state index in [-0.39, 0.29) is 5.56 Å². The quantitative estimate of drug-likeness (QED) is 0.459. The molecule has 0 N–H and O–H groups in total. The number of imidazole rings is 1. The Labute approximate surface area is 176 Å². The average Bonchev–Trinajstić information content (AvgIpc) is 3.10. The summed E-state index contributed by atoms with van der Waals surface area (Å²) in [7, 11) is 3.11. The third-order valence-corrected chi connectivity index (χ3v) is 6.23. The first-order valence-electron chi connectivity index (χ1n) is 9.03. The van der Waals surface area contributed by atoms with Crippen LogP contribution < -0.4 is 11.2 Å². The van der Waals surface area contributed by atoms with Gasteiger partial charge in [-0.25, -0.2) is 9.78 Å². The van der Waals surface area contributed by atoms with E-state index in [0.717, 1.165) is 15.7 Å². The number of aromatic nitrogens is 4. The van der Waals surface area contributed by atoms with Crippen LogP contribution in [0, 0.1) is 0 Å². The highest BCUT2D eigenvalue weighted by molar-refractivity contribution is 7.98. The van der Waals surface area contributed by atoms with Gasteiger partial charge in [-0.15, -0.1) is 0 Å². The minimum atomic E-state index is -0.399. The molecule has 0 aliphatic rings. The van der Waals surface area contributed by atoms with Gasteiger partial charge in [0.05, 0.1) is 6.54 Å². The molecule has 4 aromatic rings. The zero-order valence-electron chi connectivity index (χ0n) is 16.0. The molecule has 2 aromatic heterocycles. The number of hydrogen-bond donors (Lipinski definition) is 0. The van der Waals surface area contributed by atoms with Crippen molar-refractivity contribution in [2.24, 2.45) is 14.1 Å². The second kappa shape index (κ2) is 7.93. The summed E-state index contributed by atoms with van der Waals surface area (Å²) in [6.07, 6.45) is 0. The molecule has 0 unspecified atom stereocenters. The van der Waals surface area contributed by atoms with E-state index in [1.165, 1.54) is 23.4 Å². The molecule has 0 fully saturated rings. The number of hydrogen-bond acceptors (Lipinski definition) is 4. The van der Waals surface area contributed by atoms with E-state index in [9.17, 15) is 9.59 Å². The number of rotatable bonds is 5. The summed E-state index contributed by atoms with van der Waals surface area (Å²) in [6.45, 7) is 0.390. The maximum absolute atomic E-state index is 12.9. The third kappa shape index (κ3) is 3.63.